The van der Waals surface area contributed by atoms with Crippen LogP contribution in [0, 0.1) is 0 Å². The number of aromatic amines is 1. The van der Waals surface area contributed by atoms with Crippen LogP contribution >= 0.6 is 0 Å². The van der Waals surface area contributed by atoms with E-state index in [2.05, 4.69) is 27.1 Å². The first-order valence-corrected chi connectivity index (χ1v) is 6.11. The summed E-state index contributed by atoms with van der Waals surface area (Å²) in [6, 6.07) is 20.0. The minimum Gasteiger partial charge on any atom is -0.345 e. The Balaban J connectivity index is 0.000000192. The SMILES string of the molecule is B.F.c1ccc2[nH]cnc2c1.c1ccc2ncccc2c1. The van der Waals surface area contributed by atoms with Crippen LogP contribution in [0.5, 0.6) is 0 Å². The van der Waals surface area contributed by atoms with Crippen molar-refractivity contribution in [1.29, 1.82) is 0 Å². The molecule has 2 heterocycles. The fourth-order valence-electron chi connectivity index (χ4n) is 1.90. The summed E-state index contributed by atoms with van der Waals surface area (Å²) in [5, 5.41) is 1.20. The zero-order valence-corrected chi connectivity index (χ0v) is 10.7. The Morgan fingerprint density at radius 2 is 1.38 bits per heavy atom. The maximum atomic E-state index is 4.18. The van der Waals surface area contributed by atoms with Gasteiger partial charge in [-0.2, -0.15) is 0 Å². The number of H-pyrrole nitrogens is 1. The lowest BCUT2D eigenvalue weighted by atomic mass is 10.2. The van der Waals surface area contributed by atoms with E-state index in [1.165, 1.54) is 5.39 Å². The van der Waals surface area contributed by atoms with Gasteiger partial charge in [-0.1, -0.05) is 36.4 Å². The van der Waals surface area contributed by atoms with Gasteiger partial charge in [0.1, 0.15) is 0 Å². The number of aromatic nitrogens is 3. The molecule has 4 aromatic rings. The second kappa shape index (κ2) is 7.80. The van der Waals surface area contributed by atoms with Gasteiger partial charge in [0.05, 0.1) is 31.3 Å². The lowest BCUT2D eigenvalue weighted by Crippen LogP contribution is -1.73. The quantitative estimate of drug-likeness (QED) is 0.503. The third kappa shape index (κ3) is 3.89. The van der Waals surface area contributed by atoms with Crippen molar-refractivity contribution in [2.24, 2.45) is 0 Å². The van der Waals surface area contributed by atoms with Gasteiger partial charge >= 0.3 is 0 Å². The standard InChI is InChI=1S/C9H7N.C7H6N2.BH3.FH/c1-2-6-9-8(4-1)5-3-7-10-9;1-2-4-7-6(3-1)8-5-9-7;;/h1-7H;1-5H,(H,8,9);1H3;1H. The lowest BCUT2D eigenvalue weighted by molar-refractivity contribution is 1.11. The van der Waals surface area contributed by atoms with E-state index in [9.17, 15) is 0 Å². The predicted molar refractivity (Wildman–Crippen MR) is 90.3 cm³/mol. The van der Waals surface area contributed by atoms with E-state index in [-0.39, 0.29) is 13.1 Å². The van der Waals surface area contributed by atoms with E-state index in [0.717, 1.165) is 16.6 Å². The molecule has 0 saturated heterocycles. The molecule has 0 radical (unpaired) electrons. The number of hydrogen-bond donors (Lipinski definition) is 1. The minimum atomic E-state index is 0. The summed E-state index contributed by atoms with van der Waals surface area (Å²) < 4.78 is 0. The fraction of sp³-hybridized carbons (Fsp3) is 0. The summed E-state index contributed by atoms with van der Waals surface area (Å²) in [6.07, 6.45) is 3.51. The molecule has 0 unspecified atom stereocenters. The number of imidazole rings is 1. The topological polar surface area (TPSA) is 41.6 Å². The zero-order chi connectivity index (χ0) is 12.9. The van der Waals surface area contributed by atoms with Crippen molar-refractivity contribution in [3.63, 3.8) is 0 Å². The second-order valence-corrected chi connectivity index (χ2v) is 4.12. The van der Waals surface area contributed by atoms with E-state index in [0.29, 0.717) is 0 Å². The van der Waals surface area contributed by atoms with Gasteiger partial charge < -0.3 is 4.98 Å². The number of para-hydroxylation sites is 3. The number of nitrogens with one attached hydrogen (secondary N) is 1. The molecule has 1 N–H and O–H groups in total. The molecule has 0 aliphatic heterocycles. The molecule has 0 fully saturated rings. The number of halogens is 1. The first-order valence-electron chi connectivity index (χ1n) is 6.11. The summed E-state index contributed by atoms with van der Waals surface area (Å²) >= 11 is 0. The van der Waals surface area contributed by atoms with Gasteiger partial charge in [0, 0.05) is 11.6 Å². The molecule has 4 rings (SSSR count). The van der Waals surface area contributed by atoms with Crippen LogP contribution in [0.1, 0.15) is 0 Å². The number of hydrogen-bond acceptors (Lipinski definition) is 2. The molecular weight excluding hydrogens is 264 g/mol. The van der Waals surface area contributed by atoms with Gasteiger partial charge in [0.15, 0.2) is 0 Å². The Hall–Kier alpha value is -2.69. The Bertz CT molecular complexity index is 706. The summed E-state index contributed by atoms with van der Waals surface area (Å²) in [5.41, 5.74) is 3.18. The molecule has 5 heteroatoms. The smallest absolute Gasteiger partial charge is 0.0931 e. The number of nitrogens with zero attached hydrogens (tertiary/aromatic N) is 2. The monoisotopic (exact) mass is 281 g/mol. The summed E-state index contributed by atoms with van der Waals surface area (Å²) in [5.74, 6) is 0. The molecule has 106 valence electrons. The molecule has 0 saturated carbocycles. The van der Waals surface area contributed by atoms with Gasteiger partial charge in [0.25, 0.3) is 0 Å². The lowest BCUT2D eigenvalue weighted by Gasteiger charge is -1.91. The highest BCUT2D eigenvalue weighted by molar-refractivity contribution is 5.77. The molecule has 3 nitrogen and oxygen atoms in total. The van der Waals surface area contributed by atoms with Crippen LogP contribution in [-0.4, -0.2) is 23.4 Å². The maximum Gasteiger partial charge on any atom is 0.0931 e. The third-order valence-corrected chi connectivity index (χ3v) is 2.84. The number of rotatable bonds is 0. The van der Waals surface area contributed by atoms with E-state index in [1.54, 1.807) is 6.33 Å². The van der Waals surface area contributed by atoms with E-state index in [1.807, 2.05) is 54.7 Å². The molecule has 0 aliphatic carbocycles. The van der Waals surface area contributed by atoms with Crippen LogP contribution in [-0.2, 0) is 0 Å². The average Bonchev–Trinajstić information content (AvgIpc) is 2.96. The molecule has 0 aliphatic rings. The van der Waals surface area contributed by atoms with Gasteiger partial charge in [-0.05, 0) is 24.3 Å². The van der Waals surface area contributed by atoms with Gasteiger partial charge in [-0.15, -0.1) is 0 Å². The summed E-state index contributed by atoms with van der Waals surface area (Å²) in [7, 11) is 0. The molecule has 0 amide bonds. The Morgan fingerprint density at radius 1 is 0.714 bits per heavy atom. The van der Waals surface area contributed by atoms with Crippen LogP contribution < -0.4 is 0 Å². The van der Waals surface area contributed by atoms with Crippen molar-refractivity contribution in [3.8, 4) is 0 Å². The second-order valence-electron chi connectivity index (χ2n) is 4.12. The summed E-state index contributed by atoms with van der Waals surface area (Å²) in [4.78, 5) is 11.3. The minimum absolute atomic E-state index is 0. The van der Waals surface area contributed by atoms with Crippen molar-refractivity contribution in [3.05, 3.63) is 73.2 Å². The molecule has 2 aromatic heterocycles. The van der Waals surface area contributed by atoms with Crippen LogP contribution in [0.4, 0.5) is 4.70 Å². The molecule has 21 heavy (non-hydrogen) atoms. The largest absolute Gasteiger partial charge is 0.345 e. The number of fused-ring (bicyclic) bond motifs is 2. The zero-order valence-electron chi connectivity index (χ0n) is 10.7. The van der Waals surface area contributed by atoms with E-state index < -0.39 is 0 Å². The maximum absolute atomic E-state index is 4.18. The van der Waals surface area contributed by atoms with Crippen LogP contribution in [0.2, 0.25) is 0 Å². The van der Waals surface area contributed by atoms with Crippen molar-refractivity contribution >= 4 is 30.3 Å². The normalized spacial score (nSPS) is 9.14. The van der Waals surface area contributed by atoms with Crippen molar-refractivity contribution in [2.75, 3.05) is 0 Å². The third-order valence-electron chi connectivity index (χ3n) is 2.84. The Labute approximate surface area is 124 Å². The first-order chi connectivity index (χ1) is 9.43. The Kier molecular flexibility index (Phi) is 6.08. The van der Waals surface area contributed by atoms with Crippen molar-refractivity contribution in [2.45, 2.75) is 0 Å². The molecule has 0 atom stereocenters. The van der Waals surface area contributed by atoms with E-state index in [4.69, 9.17) is 0 Å². The van der Waals surface area contributed by atoms with Gasteiger partial charge in [0.2, 0.25) is 0 Å². The number of benzene rings is 2. The molecular formula is C16H17BFN3. The molecule has 2 aromatic carbocycles. The van der Waals surface area contributed by atoms with Crippen LogP contribution in [0.3, 0.4) is 0 Å². The van der Waals surface area contributed by atoms with E-state index >= 15 is 0 Å². The van der Waals surface area contributed by atoms with Gasteiger partial charge in [-0.25, -0.2) is 4.98 Å². The van der Waals surface area contributed by atoms with Crippen molar-refractivity contribution < 1.29 is 4.70 Å². The highest BCUT2D eigenvalue weighted by Gasteiger charge is 1.88. The highest BCUT2D eigenvalue weighted by atomic mass is 19.0. The Morgan fingerprint density at radius 3 is 2.14 bits per heavy atom. The predicted octanol–water partition coefficient (Wildman–Crippen LogP) is 2.77. The van der Waals surface area contributed by atoms with Crippen molar-refractivity contribution in [1.82, 2.24) is 15.0 Å². The van der Waals surface area contributed by atoms with Gasteiger partial charge in [-0.3, -0.25) is 9.69 Å². The van der Waals surface area contributed by atoms with Crippen LogP contribution in [0.15, 0.2) is 73.2 Å². The fourth-order valence-corrected chi connectivity index (χ4v) is 1.90. The highest BCUT2D eigenvalue weighted by Crippen LogP contribution is 2.08. The summed E-state index contributed by atoms with van der Waals surface area (Å²) in [6.45, 7) is 0. The first kappa shape index (κ1) is 16.4. The van der Waals surface area contributed by atoms with Crippen LogP contribution in [0.25, 0.3) is 21.9 Å². The average molecular weight is 281 g/mol. The molecule has 0 bridgehead atoms. The molecule has 0 spiro atoms. The number of pyridine rings is 1.